The van der Waals surface area contributed by atoms with Crippen LogP contribution in [-0.4, -0.2) is 18.6 Å². The van der Waals surface area contributed by atoms with Gasteiger partial charge < -0.3 is 10.1 Å². The maximum absolute atomic E-state index is 13.6. The number of benzene rings is 1. The molecule has 0 aliphatic heterocycles. The minimum Gasteiger partial charge on any atom is -0.369 e. The molecule has 0 radical (unpaired) electrons. The molecule has 19 heavy (non-hydrogen) atoms. The van der Waals surface area contributed by atoms with Crippen molar-refractivity contribution in [2.24, 2.45) is 0 Å². The minimum atomic E-state index is -0.914. The van der Waals surface area contributed by atoms with Crippen LogP contribution in [0.1, 0.15) is 31.4 Å². The summed E-state index contributed by atoms with van der Waals surface area (Å²) in [5, 5.41) is 11.3. The Labute approximate surface area is 112 Å². The van der Waals surface area contributed by atoms with Crippen LogP contribution in [0.2, 0.25) is 0 Å². The lowest BCUT2D eigenvalue weighted by atomic mass is 10.0. The first-order valence-corrected chi connectivity index (χ1v) is 5.98. The summed E-state index contributed by atoms with van der Waals surface area (Å²) < 4.78 is 18.8. The summed E-state index contributed by atoms with van der Waals surface area (Å²) >= 11 is 0. The molecule has 0 spiro atoms. The molecule has 1 aromatic carbocycles. The number of halogens is 1. The Morgan fingerprint density at radius 2 is 2.26 bits per heavy atom. The molecule has 1 N–H and O–H groups in total. The molecule has 4 nitrogen and oxygen atoms in total. The quantitative estimate of drug-likeness (QED) is 0.886. The maximum atomic E-state index is 13.6. The van der Waals surface area contributed by atoms with Gasteiger partial charge in [0.2, 0.25) is 0 Å². The van der Waals surface area contributed by atoms with E-state index < -0.39 is 11.4 Å². The molecule has 0 aliphatic rings. The van der Waals surface area contributed by atoms with E-state index in [9.17, 15) is 9.18 Å². The molecule has 5 heteroatoms. The van der Waals surface area contributed by atoms with E-state index in [0.717, 1.165) is 6.07 Å². The molecule has 0 fully saturated rings. The molecule has 0 bridgehead atoms. The molecule has 102 valence electrons. The molecule has 0 saturated heterocycles. The molecule has 0 aliphatic carbocycles. The van der Waals surface area contributed by atoms with Gasteiger partial charge in [-0.1, -0.05) is 13.0 Å². The van der Waals surface area contributed by atoms with E-state index in [1.165, 1.54) is 19.2 Å². The van der Waals surface area contributed by atoms with Gasteiger partial charge in [0.15, 0.2) is 0 Å². The number of hydrogen-bond acceptors (Lipinski definition) is 3. The van der Waals surface area contributed by atoms with Crippen LogP contribution in [-0.2, 0) is 16.1 Å². The number of nitrogens with one attached hydrogen (secondary N) is 1. The molecule has 0 heterocycles. The third-order valence-electron chi connectivity index (χ3n) is 3.23. The third kappa shape index (κ3) is 3.52. The Bertz CT molecular complexity index is 505. The van der Waals surface area contributed by atoms with Crippen LogP contribution in [0.25, 0.3) is 0 Å². The monoisotopic (exact) mass is 264 g/mol. The second kappa shape index (κ2) is 6.30. The van der Waals surface area contributed by atoms with E-state index in [1.54, 1.807) is 6.92 Å². The van der Waals surface area contributed by atoms with Crippen molar-refractivity contribution < 1.29 is 13.9 Å². The average Bonchev–Trinajstić information content (AvgIpc) is 2.44. The summed E-state index contributed by atoms with van der Waals surface area (Å²) in [5.41, 5.74) is -0.326. The lowest BCUT2D eigenvalue weighted by Gasteiger charge is -2.25. The molecule has 1 unspecified atom stereocenters. The average molecular weight is 264 g/mol. The third-order valence-corrected chi connectivity index (χ3v) is 3.23. The Balaban J connectivity index is 2.73. The second-order valence-corrected chi connectivity index (χ2v) is 4.39. The SMILES string of the molecule is CCC(C)(OC)C(=O)NCc1ccc(C#N)cc1F. The highest BCUT2D eigenvalue weighted by Gasteiger charge is 2.30. The van der Waals surface area contributed by atoms with Crippen LogP contribution < -0.4 is 5.32 Å². The van der Waals surface area contributed by atoms with Crippen LogP contribution in [0, 0.1) is 17.1 Å². The number of rotatable bonds is 5. The first-order valence-electron chi connectivity index (χ1n) is 5.98. The van der Waals surface area contributed by atoms with Crippen molar-refractivity contribution in [3.63, 3.8) is 0 Å². The van der Waals surface area contributed by atoms with E-state index in [1.807, 2.05) is 13.0 Å². The number of carbonyl (C=O) groups is 1. The topological polar surface area (TPSA) is 62.1 Å². The first-order chi connectivity index (χ1) is 8.96. The number of nitrogens with zero attached hydrogens (tertiary/aromatic N) is 1. The minimum absolute atomic E-state index is 0.0648. The van der Waals surface area contributed by atoms with Gasteiger partial charge in [0.25, 0.3) is 5.91 Å². The van der Waals surface area contributed by atoms with Crippen molar-refractivity contribution in [1.29, 1.82) is 5.26 Å². The Morgan fingerprint density at radius 3 is 2.74 bits per heavy atom. The number of hydrogen-bond donors (Lipinski definition) is 1. The summed E-state index contributed by atoms with van der Waals surface area (Å²) in [5.74, 6) is -0.795. The van der Waals surface area contributed by atoms with Crippen molar-refractivity contribution in [2.75, 3.05) is 7.11 Å². The summed E-state index contributed by atoms with van der Waals surface area (Å²) in [6.45, 7) is 3.58. The van der Waals surface area contributed by atoms with Gasteiger partial charge in [0, 0.05) is 19.2 Å². The van der Waals surface area contributed by atoms with Gasteiger partial charge in [-0.25, -0.2) is 4.39 Å². The summed E-state index contributed by atoms with van der Waals surface area (Å²) in [6, 6.07) is 6.01. The smallest absolute Gasteiger partial charge is 0.252 e. The highest BCUT2D eigenvalue weighted by molar-refractivity contribution is 5.84. The lowest BCUT2D eigenvalue weighted by Crippen LogP contribution is -2.45. The summed E-state index contributed by atoms with van der Waals surface area (Å²) in [6.07, 6.45) is 0.519. The fourth-order valence-corrected chi connectivity index (χ4v) is 1.52. The molecular formula is C14H17FN2O2. The van der Waals surface area contributed by atoms with Crippen molar-refractivity contribution in [3.8, 4) is 6.07 Å². The van der Waals surface area contributed by atoms with Crippen molar-refractivity contribution in [1.82, 2.24) is 5.32 Å². The van der Waals surface area contributed by atoms with Gasteiger partial charge in [0.05, 0.1) is 11.6 Å². The molecule has 1 atom stereocenters. The van der Waals surface area contributed by atoms with Crippen molar-refractivity contribution in [2.45, 2.75) is 32.4 Å². The van der Waals surface area contributed by atoms with Gasteiger partial charge in [-0.15, -0.1) is 0 Å². The van der Waals surface area contributed by atoms with Gasteiger partial charge in [-0.3, -0.25) is 4.79 Å². The molecule has 1 amide bonds. The van der Waals surface area contributed by atoms with Crippen LogP contribution in [0.5, 0.6) is 0 Å². The van der Waals surface area contributed by atoms with E-state index in [2.05, 4.69) is 5.32 Å². The van der Waals surface area contributed by atoms with Crippen LogP contribution in [0.3, 0.4) is 0 Å². The van der Waals surface area contributed by atoms with Crippen LogP contribution >= 0.6 is 0 Å². The predicted molar refractivity (Wildman–Crippen MR) is 68.7 cm³/mol. The van der Waals surface area contributed by atoms with Crippen LogP contribution in [0.4, 0.5) is 4.39 Å². The number of carbonyl (C=O) groups excluding carboxylic acids is 1. The molecule has 0 saturated carbocycles. The summed E-state index contributed by atoms with van der Waals surface area (Å²) in [4.78, 5) is 11.9. The highest BCUT2D eigenvalue weighted by atomic mass is 19.1. The van der Waals surface area contributed by atoms with Gasteiger partial charge in [-0.2, -0.15) is 5.26 Å². The standard InChI is InChI=1S/C14H17FN2O2/c1-4-14(2,19-3)13(18)17-9-11-6-5-10(8-16)7-12(11)15/h5-7H,4,9H2,1-3H3,(H,17,18). The maximum Gasteiger partial charge on any atom is 0.252 e. The lowest BCUT2D eigenvalue weighted by molar-refractivity contribution is -0.142. The normalized spacial score (nSPS) is 13.4. The number of nitriles is 1. The number of methoxy groups -OCH3 is 1. The van der Waals surface area contributed by atoms with Gasteiger partial charge in [0.1, 0.15) is 11.4 Å². The zero-order chi connectivity index (χ0) is 14.5. The number of ether oxygens (including phenoxy) is 1. The first kappa shape index (κ1) is 15.1. The zero-order valence-electron chi connectivity index (χ0n) is 11.3. The van der Waals surface area contributed by atoms with Gasteiger partial charge >= 0.3 is 0 Å². The van der Waals surface area contributed by atoms with E-state index in [4.69, 9.17) is 10.00 Å². The Morgan fingerprint density at radius 1 is 1.58 bits per heavy atom. The van der Waals surface area contributed by atoms with Gasteiger partial charge in [-0.05, 0) is 25.5 Å². The largest absolute Gasteiger partial charge is 0.369 e. The van der Waals surface area contributed by atoms with E-state index in [0.29, 0.717) is 12.0 Å². The van der Waals surface area contributed by atoms with Crippen molar-refractivity contribution >= 4 is 5.91 Å². The van der Waals surface area contributed by atoms with Crippen LogP contribution in [0.15, 0.2) is 18.2 Å². The van der Waals surface area contributed by atoms with Crippen molar-refractivity contribution in [3.05, 3.63) is 35.1 Å². The number of amides is 1. The molecule has 1 aromatic rings. The highest BCUT2D eigenvalue weighted by Crippen LogP contribution is 2.15. The second-order valence-electron chi connectivity index (χ2n) is 4.39. The summed E-state index contributed by atoms with van der Waals surface area (Å²) in [7, 11) is 1.46. The molecule has 0 aromatic heterocycles. The predicted octanol–water partition coefficient (Wildman–Crippen LogP) is 2.13. The van der Waals surface area contributed by atoms with E-state index >= 15 is 0 Å². The molecule has 1 rings (SSSR count). The fourth-order valence-electron chi connectivity index (χ4n) is 1.52. The zero-order valence-corrected chi connectivity index (χ0v) is 11.3. The Hall–Kier alpha value is -1.93. The Kier molecular flexibility index (Phi) is 5.02. The van der Waals surface area contributed by atoms with E-state index in [-0.39, 0.29) is 18.0 Å². The fraction of sp³-hybridized carbons (Fsp3) is 0.429. The molecular weight excluding hydrogens is 247 g/mol.